The fourth-order valence-corrected chi connectivity index (χ4v) is 3.30. The van der Waals surface area contributed by atoms with Gasteiger partial charge in [-0.3, -0.25) is 0 Å². The van der Waals surface area contributed by atoms with Crippen LogP contribution >= 0.6 is 12.6 Å². The van der Waals surface area contributed by atoms with Gasteiger partial charge in [-0.05, 0) is 24.2 Å². The first-order valence-electron chi connectivity index (χ1n) is 6.72. The lowest BCUT2D eigenvalue weighted by Crippen LogP contribution is -2.27. The molecule has 0 rings (SSSR count). The van der Waals surface area contributed by atoms with Gasteiger partial charge in [-0.15, -0.1) is 0 Å². The highest BCUT2D eigenvalue weighted by Crippen LogP contribution is 2.32. The highest BCUT2D eigenvalue weighted by molar-refractivity contribution is 7.81. The van der Waals surface area contributed by atoms with Crippen molar-refractivity contribution in [3.05, 3.63) is 0 Å². The van der Waals surface area contributed by atoms with Gasteiger partial charge in [-0.1, -0.05) is 60.3 Å². The summed E-state index contributed by atoms with van der Waals surface area (Å²) in [7, 11) is 0. The van der Waals surface area contributed by atoms with Gasteiger partial charge in [0.25, 0.3) is 0 Å². The summed E-state index contributed by atoms with van der Waals surface area (Å²) in [6.07, 6.45) is 6.69. The second-order valence-electron chi connectivity index (χ2n) is 5.27. The molecule has 0 aliphatic heterocycles. The van der Waals surface area contributed by atoms with Gasteiger partial charge in [0.05, 0.1) is 0 Å². The van der Waals surface area contributed by atoms with Crippen LogP contribution < -0.4 is 0 Å². The third-order valence-corrected chi connectivity index (χ3v) is 4.26. The predicted molar refractivity (Wildman–Crippen MR) is 74.7 cm³/mol. The highest BCUT2D eigenvalue weighted by Gasteiger charge is 2.25. The lowest BCUT2D eigenvalue weighted by molar-refractivity contribution is 0.243. The van der Waals surface area contributed by atoms with E-state index < -0.39 is 0 Å². The average molecular weight is 230 g/mol. The topological polar surface area (TPSA) is 0 Å². The molecule has 15 heavy (non-hydrogen) atoms. The highest BCUT2D eigenvalue weighted by atomic mass is 32.1. The quantitative estimate of drug-likeness (QED) is 0.431. The summed E-state index contributed by atoms with van der Waals surface area (Å²) in [5.74, 6) is 2.39. The van der Waals surface area contributed by atoms with Crippen molar-refractivity contribution in [1.29, 1.82) is 0 Å². The molecule has 0 nitrogen and oxygen atoms in total. The Balaban J connectivity index is 4.10. The molecular formula is C14H30S. The summed E-state index contributed by atoms with van der Waals surface area (Å²) in [6, 6.07) is 0. The van der Waals surface area contributed by atoms with Crippen LogP contribution in [0.25, 0.3) is 0 Å². The minimum Gasteiger partial charge on any atom is -0.176 e. The van der Waals surface area contributed by atoms with Gasteiger partial charge in [0.2, 0.25) is 0 Å². The van der Waals surface area contributed by atoms with Gasteiger partial charge >= 0.3 is 0 Å². The van der Waals surface area contributed by atoms with E-state index in [0.29, 0.717) is 5.25 Å². The van der Waals surface area contributed by atoms with E-state index in [1.807, 2.05) is 0 Å². The van der Waals surface area contributed by atoms with Crippen molar-refractivity contribution in [3.8, 4) is 0 Å². The van der Waals surface area contributed by atoms with Crippen LogP contribution in [0.15, 0.2) is 0 Å². The van der Waals surface area contributed by atoms with Crippen LogP contribution in [-0.4, -0.2) is 5.25 Å². The van der Waals surface area contributed by atoms with Crippen molar-refractivity contribution in [2.75, 3.05) is 0 Å². The molecule has 0 amide bonds. The first-order valence-corrected chi connectivity index (χ1v) is 7.24. The Morgan fingerprint density at radius 3 is 2.00 bits per heavy atom. The van der Waals surface area contributed by atoms with E-state index in [-0.39, 0.29) is 0 Å². The van der Waals surface area contributed by atoms with Crippen LogP contribution in [0.5, 0.6) is 0 Å². The molecular weight excluding hydrogens is 200 g/mol. The maximum atomic E-state index is 4.75. The minimum absolute atomic E-state index is 0.585. The van der Waals surface area contributed by atoms with E-state index in [9.17, 15) is 0 Å². The fraction of sp³-hybridized carbons (Fsp3) is 1.00. The van der Waals surface area contributed by atoms with Crippen LogP contribution in [0, 0.1) is 17.8 Å². The monoisotopic (exact) mass is 230 g/mol. The van der Waals surface area contributed by atoms with Crippen LogP contribution in [0.1, 0.15) is 66.7 Å². The van der Waals surface area contributed by atoms with Crippen molar-refractivity contribution in [2.45, 2.75) is 72.0 Å². The van der Waals surface area contributed by atoms with Crippen LogP contribution in [-0.2, 0) is 0 Å². The summed E-state index contributed by atoms with van der Waals surface area (Å²) in [6.45, 7) is 11.6. The normalized spacial score (nSPS) is 17.8. The van der Waals surface area contributed by atoms with E-state index in [0.717, 1.165) is 17.8 Å². The Morgan fingerprint density at radius 2 is 1.60 bits per heavy atom. The zero-order valence-electron chi connectivity index (χ0n) is 11.3. The maximum Gasteiger partial charge on any atom is 0.00474 e. The van der Waals surface area contributed by atoms with Gasteiger partial charge in [-0.25, -0.2) is 0 Å². The fourth-order valence-electron chi connectivity index (χ4n) is 2.66. The molecule has 0 saturated heterocycles. The second kappa shape index (κ2) is 8.50. The minimum atomic E-state index is 0.585. The molecule has 1 heteroatoms. The van der Waals surface area contributed by atoms with Crippen molar-refractivity contribution in [3.63, 3.8) is 0 Å². The molecule has 0 radical (unpaired) electrons. The third kappa shape index (κ3) is 5.85. The summed E-state index contributed by atoms with van der Waals surface area (Å²) < 4.78 is 0. The van der Waals surface area contributed by atoms with Gasteiger partial charge in [-0.2, -0.15) is 12.6 Å². The zero-order chi connectivity index (χ0) is 11.8. The molecule has 0 aromatic carbocycles. The molecule has 0 spiro atoms. The molecule has 0 bridgehead atoms. The summed E-state index contributed by atoms with van der Waals surface area (Å²) in [5, 5.41) is 0.585. The van der Waals surface area contributed by atoms with Crippen molar-refractivity contribution >= 4 is 12.6 Å². The van der Waals surface area contributed by atoms with Gasteiger partial charge in [0.1, 0.15) is 0 Å². The van der Waals surface area contributed by atoms with Crippen LogP contribution in [0.3, 0.4) is 0 Å². The molecule has 0 aliphatic carbocycles. The second-order valence-corrected chi connectivity index (χ2v) is 5.93. The van der Waals surface area contributed by atoms with E-state index in [4.69, 9.17) is 12.6 Å². The Hall–Kier alpha value is 0.350. The third-order valence-electron chi connectivity index (χ3n) is 3.55. The SMILES string of the molecule is CCCCCC(C)C(C(C)C)C(S)CC. The summed E-state index contributed by atoms with van der Waals surface area (Å²) >= 11 is 4.75. The smallest absolute Gasteiger partial charge is 0.00474 e. The summed E-state index contributed by atoms with van der Waals surface area (Å²) in [4.78, 5) is 0. The van der Waals surface area contributed by atoms with E-state index in [1.165, 1.54) is 32.1 Å². The summed E-state index contributed by atoms with van der Waals surface area (Å²) in [5.41, 5.74) is 0. The lowest BCUT2D eigenvalue weighted by atomic mass is 9.78. The molecule has 92 valence electrons. The Labute approximate surface area is 103 Å². The molecule has 0 aromatic heterocycles. The first kappa shape index (κ1) is 15.3. The Morgan fingerprint density at radius 1 is 1.00 bits per heavy atom. The number of hydrogen-bond donors (Lipinski definition) is 1. The largest absolute Gasteiger partial charge is 0.176 e. The van der Waals surface area contributed by atoms with E-state index in [2.05, 4.69) is 34.6 Å². The predicted octanol–water partition coefficient (Wildman–Crippen LogP) is 5.18. The maximum absolute atomic E-state index is 4.75. The Kier molecular flexibility index (Phi) is 8.69. The number of thiol groups is 1. The standard InChI is InChI=1S/C14H30S/c1-6-8-9-10-12(5)14(11(3)4)13(15)7-2/h11-15H,6-10H2,1-5H3. The zero-order valence-corrected chi connectivity index (χ0v) is 12.2. The molecule has 0 saturated carbocycles. The van der Waals surface area contributed by atoms with Gasteiger partial charge in [0.15, 0.2) is 0 Å². The average Bonchev–Trinajstić information content (AvgIpc) is 2.17. The molecule has 3 unspecified atom stereocenters. The number of unbranched alkanes of at least 4 members (excludes halogenated alkanes) is 2. The van der Waals surface area contributed by atoms with Crippen LogP contribution in [0.4, 0.5) is 0 Å². The van der Waals surface area contributed by atoms with Gasteiger partial charge in [0, 0.05) is 5.25 Å². The Bertz CT molecular complexity index is 142. The van der Waals surface area contributed by atoms with E-state index in [1.54, 1.807) is 0 Å². The number of rotatable bonds is 8. The molecule has 0 fully saturated rings. The van der Waals surface area contributed by atoms with Crippen molar-refractivity contribution < 1.29 is 0 Å². The van der Waals surface area contributed by atoms with E-state index >= 15 is 0 Å². The number of hydrogen-bond acceptors (Lipinski definition) is 1. The molecule has 0 aromatic rings. The molecule has 0 N–H and O–H groups in total. The molecule has 0 heterocycles. The first-order chi connectivity index (χ1) is 7.04. The van der Waals surface area contributed by atoms with Crippen molar-refractivity contribution in [2.24, 2.45) is 17.8 Å². The van der Waals surface area contributed by atoms with Gasteiger partial charge < -0.3 is 0 Å². The molecule has 0 aliphatic rings. The lowest BCUT2D eigenvalue weighted by Gasteiger charge is -2.32. The van der Waals surface area contributed by atoms with Crippen LogP contribution in [0.2, 0.25) is 0 Å². The van der Waals surface area contributed by atoms with Crippen molar-refractivity contribution in [1.82, 2.24) is 0 Å². The molecule has 3 atom stereocenters.